The molecule has 1 fully saturated rings. The summed E-state index contributed by atoms with van der Waals surface area (Å²) >= 11 is 0. The number of carbonyl (C=O) groups excluding carboxylic acids is 1. The van der Waals surface area contributed by atoms with E-state index in [4.69, 9.17) is 4.74 Å². The van der Waals surface area contributed by atoms with Crippen molar-refractivity contribution in [2.75, 3.05) is 20.2 Å². The first-order valence-electron chi connectivity index (χ1n) is 7.93. The fourth-order valence-electron chi connectivity index (χ4n) is 3.22. The van der Waals surface area contributed by atoms with Crippen LogP contribution >= 0.6 is 0 Å². The summed E-state index contributed by atoms with van der Waals surface area (Å²) < 4.78 is 5.41. The predicted octanol–water partition coefficient (Wildman–Crippen LogP) is 3.38. The van der Waals surface area contributed by atoms with Gasteiger partial charge in [-0.05, 0) is 52.3 Å². The molecule has 0 aromatic heterocycles. The largest absolute Gasteiger partial charge is 0.496 e. The molecule has 1 saturated heterocycles. The number of likely N-dealkylation sites (tertiary alicyclic amines) is 1. The molecule has 0 bridgehead atoms. The minimum Gasteiger partial charge on any atom is -0.496 e. The number of Topliss-reactive ketones (excluding diaryl/α,β-unsaturated/α-hetero) is 1. The van der Waals surface area contributed by atoms with E-state index >= 15 is 0 Å². The second-order valence-electron chi connectivity index (χ2n) is 6.24. The molecule has 3 nitrogen and oxygen atoms in total. The summed E-state index contributed by atoms with van der Waals surface area (Å²) in [5.41, 5.74) is 1.82. The molecule has 1 aromatic carbocycles. The van der Waals surface area contributed by atoms with E-state index in [-0.39, 0.29) is 5.54 Å². The maximum Gasteiger partial charge on any atom is 0.157 e. The van der Waals surface area contributed by atoms with Crippen molar-refractivity contribution in [1.29, 1.82) is 0 Å². The number of hydrogen-bond acceptors (Lipinski definition) is 3. The molecule has 21 heavy (non-hydrogen) atoms. The van der Waals surface area contributed by atoms with Crippen LogP contribution in [0.3, 0.4) is 0 Å². The van der Waals surface area contributed by atoms with Gasteiger partial charge in [0, 0.05) is 12.0 Å². The van der Waals surface area contributed by atoms with Gasteiger partial charge in [0.05, 0.1) is 12.6 Å². The van der Waals surface area contributed by atoms with Crippen molar-refractivity contribution in [3.05, 3.63) is 29.3 Å². The highest BCUT2D eigenvalue weighted by molar-refractivity contribution is 5.90. The van der Waals surface area contributed by atoms with E-state index in [1.54, 1.807) is 7.11 Å². The number of rotatable bonds is 6. The van der Waals surface area contributed by atoms with Gasteiger partial charge in [0.15, 0.2) is 5.78 Å². The molecular weight excluding hydrogens is 262 g/mol. The number of ketones is 1. The third kappa shape index (κ3) is 3.29. The molecule has 1 aliphatic heterocycles. The van der Waals surface area contributed by atoms with Gasteiger partial charge in [-0.25, -0.2) is 0 Å². The van der Waals surface area contributed by atoms with E-state index in [0.29, 0.717) is 12.2 Å². The molecular formula is C18H27NO2. The first-order valence-corrected chi connectivity index (χ1v) is 7.93. The van der Waals surface area contributed by atoms with Crippen LogP contribution in [0.15, 0.2) is 18.2 Å². The van der Waals surface area contributed by atoms with Gasteiger partial charge >= 0.3 is 0 Å². The van der Waals surface area contributed by atoms with E-state index in [0.717, 1.165) is 36.4 Å². The smallest absolute Gasteiger partial charge is 0.157 e. The first kappa shape index (κ1) is 16.0. The zero-order valence-corrected chi connectivity index (χ0v) is 13.7. The summed E-state index contributed by atoms with van der Waals surface area (Å²) in [4.78, 5) is 15.3. The van der Waals surface area contributed by atoms with Crippen LogP contribution in [-0.4, -0.2) is 36.4 Å². The lowest BCUT2D eigenvalue weighted by Gasteiger charge is -2.37. The number of benzene rings is 1. The van der Waals surface area contributed by atoms with E-state index in [2.05, 4.69) is 24.8 Å². The Morgan fingerprint density at radius 3 is 2.57 bits per heavy atom. The lowest BCUT2D eigenvalue weighted by molar-refractivity contribution is -0.129. The van der Waals surface area contributed by atoms with Gasteiger partial charge in [-0.3, -0.25) is 9.69 Å². The SMILES string of the molecule is CCC(C)(C(=O)Cc1cc(C)ccc1OC)N1CCCC1. The van der Waals surface area contributed by atoms with Crippen molar-refractivity contribution < 1.29 is 9.53 Å². The zero-order valence-electron chi connectivity index (χ0n) is 13.7. The molecule has 1 heterocycles. The third-order valence-electron chi connectivity index (χ3n) is 4.88. The normalized spacial score (nSPS) is 18.5. The van der Waals surface area contributed by atoms with E-state index in [1.165, 1.54) is 12.8 Å². The van der Waals surface area contributed by atoms with Gasteiger partial charge in [-0.2, -0.15) is 0 Å². The van der Waals surface area contributed by atoms with Crippen molar-refractivity contribution in [2.45, 2.75) is 52.0 Å². The fraction of sp³-hybridized carbons (Fsp3) is 0.611. The molecule has 0 saturated carbocycles. The zero-order chi connectivity index (χ0) is 15.5. The van der Waals surface area contributed by atoms with E-state index in [9.17, 15) is 4.79 Å². The van der Waals surface area contributed by atoms with Crippen molar-refractivity contribution in [1.82, 2.24) is 4.90 Å². The van der Waals surface area contributed by atoms with E-state index in [1.807, 2.05) is 19.1 Å². The predicted molar refractivity (Wildman–Crippen MR) is 85.9 cm³/mol. The molecule has 2 rings (SSSR count). The molecule has 1 unspecified atom stereocenters. The molecule has 3 heteroatoms. The van der Waals surface area contributed by atoms with Crippen LogP contribution in [0.1, 0.15) is 44.2 Å². The molecule has 0 aliphatic carbocycles. The summed E-state index contributed by atoms with van der Waals surface area (Å²) in [5, 5.41) is 0. The second-order valence-corrected chi connectivity index (χ2v) is 6.24. The molecule has 1 aliphatic rings. The Hall–Kier alpha value is -1.35. The second kappa shape index (κ2) is 6.61. The summed E-state index contributed by atoms with van der Waals surface area (Å²) in [6.07, 6.45) is 3.72. The average molecular weight is 289 g/mol. The van der Waals surface area contributed by atoms with Crippen LogP contribution in [0.5, 0.6) is 5.75 Å². The highest BCUT2D eigenvalue weighted by atomic mass is 16.5. The molecule has 0 N–H and O–H groups in total. The third-order valence-corrected chi connectivity index (χ3v) is 4.88. The highest BCUT2D eigenvalue weighted by Gasteiger charge is 2.38. The van der Waals surface area contributed by atoms with Crippen molar-refractivity contribution >= 4 is 5.78 Å². The number of hydrogen-bond donors (Lipinski definition) is 0. The maximum absolute atomic E-state index is 12.9. The van der Waals surface area contributed by atoms with Crippen LogP contribution in [0, 0.1) is 6.92 Å². The monoisotopic (exact) mass is 289 g/mol. The van der Waals surface area contributed by atoms with Gasteiger partial charge in [0.25, 0.3) is 0 Å². The Bertz CT molecular complexity index is 506. The molecule has 0 spiro atoms. The van der Waals surface area contributed by atoms with Crippen LogP contribution in [0.2, 0.25) is 0 Å². The summed E-state index contributed by atoms with van der Waals surface area (Å²) in [7, 11) is 1.66. The molecule has 0 amide bonds. The molecule has 1 aromatic rings. The Kier molecular flexibility index (Phi) is 5.04. The number of carbonyl (C=O) groups is 1. The van der Waals surface area contributed by atoms with Crippen LogP contribution in [-0.2, 0) is 11.2 Å². The molecule has 116 valence electrons. The van der Waals surface area contributed by atoms with Crippen molar-refractivity contribution in [2.24, 2.45) is 0 Å². The first-order chi connectivity index (χ1) is 10.0. The minimum absolute atomic E-state index is 0.302. The summed E-state index contributed by atoms with van der Waals surface area (Å²) in [6.45, 7) is 8.35. The summed E-state index contributed by atoms with van der Waals surface area (Å²) in [5.74, 6) is 1.12. The van der Waals surface area contributed by atoms with Gasteiger partial charge < -0.3 is 4.74 Å². The molecule has 0 radical (unpaired) electrons. The lowest BCUT2D eigenvalue weighted by atomic mass is 9.87. The number of methoxy groups -OCH3 is 1. The summed E-state index contributed by atoms with van der Waals surface area (Å²) in [6, 6.07) is 6.04. The fourth-order valence-corrected chi connectivity index (χ4v) is 3.22. The van der Waals surface area contributed by atoms with Gasteiger partial charge in [0.1, 0.15) is 5.75 Å². The Labute approximate surface area is 128 Å². The van der Waals surface area contributed by atoms with Crippen LogP contribution in [0.25, 0.3) is 0 Å². The molecule has 1 atom stereocenters. The lowest BCUT2D eigenvalue weighted by Crippen LogP contribution is -2.51. The van der Waals surface area contributed by atoms with Gasteiger partial charge in [-0.1, -0.05) is 24.6 Å². The van der Waals surface area contributed by atoms with E-state index < -0.39 is 0 Å². The Morgan fingerprint density at radius 1 is 1.33 bits per heavy atom. The average Bonchev–Trinajstić information content (AvgIpc) is 3.01. The maximum atomic E-state index is 12.9. The Balaban J connectivity index is 2.21. The van der Waals surface area contributed by atoms with Gasteiger partial charge in [-0.15, -0.1) is 0 Å². The topological polar surface area (TPSA) is 29.5 Å². The quantitative estimate of drug-likeness (QED) is 0.804. The standard InChI is InChI=1S/C18H27NO2/c1-5-18(3,19-10-6-7-11-19)17(20)13-15-12-14(2)8-9-16(15)21-4/h8-9,12H,5-7,10-11,13H2,1-4H3. The van der Waals surface area contributed by atoms with Crippen molar-refractivity contribution in [3.8, 4) is 5.75 Å². The Morgan fingerprint density at radius 2 is 2.00 bits per heavy atom. The van der Waals surface area contributed by atoms with Crippen LogP contribution in [0.4, 0.5) is 0 Å². The van der Waals surface area contributed by atoms with Gasteiger partial charge in [0.2, 0.25) is 0 Å². The number of aryl methyl sites for hydroxylation is 1. The van der Waals surface area contributed by atoms with Crippen molar-refractivity contribution in [3.63, 3.8) is 0 Å². The minimum atomic E-state index is -0.342. The number of nitrogens with zero attached hydrogens (tertiary/aromatic N) is 1. The number of ether oxygens (including phenoxy) is 1. The highest BCUT2D eigenvalue weighted by Crippen LogP contribution is 2.29. The van der Waals surface area contributed by atoms with Crippen LogP contribution < -0.4 is 4.74 Å².